The molecule has 1 aromatic heterocycles. The van der Waals surface area contributed by atoms with Crippen molar-refractivity contribution in [1.29, 1.82) is 0 Å². The van der Waals surface area contributed by atoms with E-state index in [0.29, 0.717) is 32.9 Å². The zero-order valence-corrected chi connectivity index (χ0v) is 11.4. The van der Waals surface area contributed by atoms with Gasteiger partial charge in [0.25, 0.3) is 5.56 Å². The third-order valence-corrected chi connectivity index (χ3v) is 3.63. The zero-order valence-electron chi connectivity index (χ0n) is 9.89. The lowest BCUT2D eigenvalue weighted by molar-refractivity contribution is 0.471. The highest BCUT2D eigenvalue weighted by Crippen LogP contribution is 2.32. The predicted octanol–water partition coefficient (Wildman–Crippen LogP) is 3.88. The maximum atomic E-state index is 11.9. The van der Waals surface area contributed by atoms with Crippen LogP contribution in [0.1, 0.15) is 25.3 Å². The van der Waals surface area contributed by atoms with Gasteiger partial charge in [0.15, 0.2) is 0 Å². The van der Waals surface area contributed by atoms with E-state index in [1.165, 1.54) is 0 Å². The van der Waals surface area contributed by atoms with Crippen LogP contribution in [0.4, 0.5) is 0 Å². The number of aromatic nitrogens is 1. The van der Waals surface area contributed by atoms with Crippen LogP contribution in [0.3, 0.4) is 0 Å². The van der Waals surface area contributed by atoms with Crippen molar-refractivity contribution in [2.75, 3.05) is 0 Å². The van der Waals surface area contributed by atoms with Crippen LogP contribution in [0.25, 0.3) is 10.9 Å². The fourth-order valence-electron chi connectivity index (χ4n) is 1.90. The predicted molar refractivity (Wildman–Crippen MR) is 74.9 cm³/mol. The molecule has 0 fully saturated rings. The van der Waals surface area contributed by atoms with E-state index >= 15 is 0 Å². The van der Waals surface area contributed by atoms with Gasteiger partial charge in [0.2, 0.25) is 0 Å². The quantitative estimate of drug-likeness (QED) is 0.899. The Morgan fingerprint density at radius 2 is 1.94 bits per heavy atom. The molecule has 1 heterocycles. The maximum absolute atomic E-state index is 11.9. The lowest BCUT2D eigenvalue weighted by Gasteiger charge is -2.08. The molecule has 0 saturated heterocycles. The van der Waals surface area contributed by atoms with Crippen LogP contribution in [0, 0.1) is 0 Å². The number of hydrogen-bond acceptors (Lipinski definition) is 2. The fourth-order valence-corrected chi connectivity index (χ4v) is 2.23. The summed E-state index contributed by atoms with van der Waals surface area (Å²) < 4.78 is 0. The lowest BCUT2D eigenvalue weighted by Crippen LogP contribution is -2.12. The highest BCUT2D eigenvalue weighted by atomic mass is 35.5. The minimum Gasteiger partial charge on any atom is -0.507 e. The molecule has 0 spiro atoms. The van der Waals surface area contributed by atoms with Crippen molar-refractivity contribution in [2.45, 2.75) is 26.2 Å². The van der Waals surface area contributed by atoms with Gasteiger partial charge in [-0.15, -0.1) is 0 Å². The summed E-state index contributed by atoms with van der Waals surface area (Å²) in [6, 6.07) is 3.11. The molecule has 0 aliphatic rings. The molecule has 96 valence electrons. The summed E-state index contributed by atoms with van der Waals surface area (Å²) in [7, 11) is 0. The van der Waals surface area contributed by atoms with Crippen LogP contribution in [0.5, 0.6) is 5.75 Å². The Morgan fingerprint density at radius 1 is 1.28 bits per heavy atom. The van der Waals surface area contributed by atoms with E-state index in [1.54, 1.807) is 12.1 Å². The van der Waals surface area contributed by atoms with Crippen LogP contribution in [0.15, 0.2) is 16.9 Å². The van der Waals surface area contributed by atoms with Crippen LogP contribution >= 0.6 is 23.2 Å². The molecule has 5 heteroatoms. The first-order valence-corrected chi connectivity index (χ1v) is 6.53. The molecule has 0 bridgehead atoms. The summed E-state index contributed by atoms with van der Waals surface area (Å²) in [5.74, 6) is 0.000710. The van der Waals surface area contributed by atoms with Gasteiger partial charge in [0.1, 0.15) is 5.75 Å². The van der Waals surface area contributed by atoms with E-state index in [-0.39, 0.29) is 11.3 Å². The molecular weight excluding hydrogens is 273 g/mol. The van der Waals surface area contributed by atoms with Crippen molar-refractivity contribution in [2.24, 2.45) is 0 Å². The van der Waals surface area contributed by atoms with Gasteiger partial charge >= 0.3 is 0 Å². The highest BCUT2D eigenvalue weighted by Gasteiger charge is 2.13. The first kappa shape index (κ1) is 13.2. The van der Waals surface area contributed by atoms with Gasteiger partial charge in [-0.05, 0) is 25.0 Å². The van der Waals surface area contributed by atoms with Gasteiger partial charge in [-0.1, -0.05) is 36.5 Å². The maximum Gasteiger partial charge on any atom is 0.255 e. The first-order chi connectivity index (χ1) is 8.54. The number of benzene rings is 1. The molecule has 0 saturated carbocycles. The van der Waals surface area contributed by atoms with E-state index in [2.05, 4.69) is 4.98 Å². The summed E-state index contributed by atoms with van der Waals surface area (Å²) in [6.07, 6.45) is 2.36. The average Bonchev–Trinajstić information content (AvgIpc) is 2.32. The Bertz CT molecular complexity index is 649. The topological polar surface area (TPSA) is 53.1 Å². The van der Waals surface area contributed by atoms with Gasteiger partial charge in [0.05, 0.1) is 21.1 Å². The van der Waals surface area contributed by atoms with Crippen LogP contribution in [-0.4, -0.2) is 10.1 Å². The molecular formula is C13H13Cl2NO2. The van der Waals surface area contributed by atoms with E-state index < -0.39 is 0 Å². The Labute approximate surface area is 114 Å². The summed E-state index contributed by atoms with van der Waals surface area (Å²) in [5, 5.41) is 11.4. The van der Waals surface area contributed by atoms with Crippen molar-refractivity contribution < 1.29 is 5.11 Å². The van der Waals surface area contributed by atoms with Gasteiger partial charge < -0.3 is 10.1 Å². The molecule has 0 amide bonds. The first-order valence-electron chi connectivity index (χ1n) is 5.77. The molecule has 18 heavy (non-hydrogen) atoms. The van der Waals surface area contributed by atoms with Crippen LogP contribution < -0.4 is 5.56 Å². The van der Waals surface area contributed by atoms with Gasteiger partial charge in [0, 0.05) is 5.39 Å². The summed E-state index contributed by atoms with van der Waals surface area (Å²) in [4.78, 5) is 14.6. The van der Waals surface area contributed by atoms with Gasteiger partial charge in [-0.3, -0.25) is 4.79 Å². The largest absolute Gasteiger partial charge is 0.507 e. The minimum absolute atomic E-state index is 0.000710. The molecule has 2 rings (SSSR count). The van der Waals surface area contributed by atoms with Crippen molar-refractivity contribution in [3.8, 4) is 5.75 Å². The zero-order chi connectivity index (χ0) is 13.3. The Morgan fingerprint density at radius 3 is 2.61 bits per heavy atom. The van der Waals surface area contributed by atoms with Crippen molar-refractivity contribution >= 4 is 34.1 Å². The molecule has 0 unspecified atom stereocenters. The summed E-state index contributed by atoms with van der Waals surface area (Å²) >= 11 is 11.8. The number of hydrogen-bond donors (Lipinski definition) is 2. The third-order valence-electron chi connectivity index (χ3n) is 2.90. The number of H-pyrrole nitrogens is 1. The normalized spacial score (nSPS) is 11.1. The van der Waals surface area contributed by atoms with Crippen molar-refractivity contribution in [1.82, 2.24) is 4.98 Å². The van der Waals surface area contributed by atoms with Crippen molar-refractivity contribution in [3.05, 3.63) is 38.1 Å². The Balaban J connectivity index is 2.69. The number of unbranched alkanes of at least 4 members (excludes halogenated alkanes) is 1. The molecule has 0 radical (unpaired) electrons. The smallest absolute Gasteiger partial charge is 0.255 e. The van der Waals surface area contributed by atoms with E-state index in [9.17, 15) is 9.90 Å². The Hall–Kier alpha value is -1.19. The molecule has 2 aromatic rings. The second-order valence-corrected chi connectivity index (χ2v) is 5.01. The monoisotopic (exact) mass is 285 g/mol. The highest BCUT2D eigenvalue weighted by molar-refractivity contribution is 6.42. The minimum atomic E-state index is -0.271. The summed E-state index contributed by atoms with van der Waals surface area (Å²) in [6.45, 7) is 2.03. The number of aromatic hydroxyl groups is 1. The van der Waals surface area contributed by atoms with Crippen LogP contribution in [-0.2, 0) is 6.42 Å². The molecule has 3 nitrogen and oxygen atoms in total. The standard InChI is InChI=1S/C13H13Cl2NO2/c1-2-3-4-7-12(17)8-5-9(14)10(15)6-11(8)16-13(7)18/h5-6H,2-4H2,1H3,(H2,16,17,18). The molecule has 0 atom stereocenters. The lowest BCUT2D eigenvalue weighted by atomic mass is 10.1. The van der Waals surface area contributed by atoms with Crippen LogP contribution in [0.2, 0.25) is 10.0 Å². The fraction of sp³-hybridized carbons (Fsp3) is 0.308. The van der Waals surface area contributed by atoms with Gasteiger partial charge in [-0.25, -0.2) is 0 Å². The number of fused-ring (bicyclic) bond motifs is 1. The molecule has 0 aliphatic heterocycles. The number of pyridine rings is 1. The summed E-state index contributed by atoms with van der Waals surface area (Å²) in [5.41, 5.74) is 0.627. The van der Waals surface area contributed by atoms with Crippen molar-refractivity contribution in [3.63, 3.8) is 0 Å². The average molecular weight is 286 g/mol. The third kappa shape index (κ3) is 2.33. The molecule has 0 aliphatic carbocycles. The van der Waals surface area contributed by atoms with Gasteiger partial charge in [-0.2, -0.15) is 0 Å². The van der Waals surface area contributed by atoms with E-state index in [4.69, 9.17) is 23.2 Å². The number of rotatable bonds is 3. The second kappa shape index (κ2) is 5.21. The number of aromatic amines is 1. The van der Waals surface area contributed by atoms with E-state index in [0.717, 1.165) is 12.8 Å². The SMILES string of the molecule is CCCCc1c(O)c2cc(Cl)c(Cl)cc2[nH]c1=O. The molecule has 2 N–H and O–H groups in total. The second-order valence-electron chi connectivity index (χ2n) is 4.20. The van der Waals surface area contributed by atoms with E-state index in [1.807, 2.05) is 6.92 Å². The number of nitrogens with one attached hydrogen (secondary N) is 1. The number of halogens is 2. The Kier molecular flexibility index (Phi) is 3.83. The molecule has 1 aromatic carbocycles.